The van der Waals surface area contributed by atoms with E-state index in [2.05, 4.69) is 27.8 Å². The van der Waals surface area contributed by atoms with Crippen LogP contribution in [-0.4, -0.2) is 24.1 Å². The summed E-state index contributed by atoms with van der Waals surface area (Å²) in [5.74, 6) is 0. The molecule has 0 spiro atoms. The van der Waals surface area contributed by atoms with E-state index in [1.54, 1.807) is 0 Å². The minimum absolute atomic E-state index is 0.745. The lowest BCUT2D eigenvalue weighted by molar-refractivity contribution is 0.523. The van der Waals surface area contributed by atoms with Crippen molar-refractivity contribution in [2.45, 2.75) is 31.8 Å². The highest BCUT2D eigenvalue weighted by Crippen LogP contribution is 2.07. The van der Waals surface area contributed by atoms with Gasteiger partial charge in [-0.15, -0.1) is 0 Å². The highest BCUT2D eigenvalue weighted by molar-refractivity contribution is 5.08. The smallest absolute Gasteiger partial charge is 0.0271 e. The number of rotatable bonds is 5. The van der Waals surface area contributed by atoms with Crippen molar-refractivity contribution in [2.24, 2.45) is 0 Å². The molecule has 1 aromatic heterocycles. The molecule has 0 aliphatic carbocycles. The van der Waals surface area contributed by atoms with Crippen molar-refractivity contribution >= 4 is 0 Å². The van der Waals surface area contributed by atoms with Gasteiger partial charge in [0.15, 0.2) is 0 Å². The molecule has 2 rings (SSSR count). The number of hydrogen-bond acceptors (Lipinski definition) is 3. The molecule has 1 aliphatic heterocycles. The van der Waals surface area contributed by atoms with Crippen molar-refractivity contribution in [1.82, 2.24) is 15.6 Å². The van der Waals surface area contributed by atoms with Crippen LogP contribution in [0.1, 0.15) is 24.8 Å². The lowest BCUT2D eigenvalue weighted by atomic mass is 10.1. The molecule has 1 atom stereocenters. The fourth-order valence-electron chi connectivity index (χ4n) is 2.01. The molecule has 0 saturated carbocycles. The fourth-order valence-corrected chi connectivity index (χ4v) is 2.01. The maximum atomic E-state index is 4.00. The molecule has 0 aromatic carbocycles. The Balaban J connectivity index is 1.59. The van der Waals surface area contributed by atoms with Gasteiger partial charge in [-0.05, 0) is 50.0 Å². The first-order chi connectivity index (χ1) is 7.45. The second-order valence-corrected chi connectivity index (χ2v) is 4.11. The molecule has 15 heavy (non-hydrogen) atoms. The highest BCUT2D eigenvalue weighted by atomic mass is 14.9. The summed E-state index contributed by atoms with van der Waals surface area (Å²) in [4.78, 5) is 4.00. The second kappa shape index (κ2) is 5.83. The van der Waals surface area contributed by atoms with Crippen molar-refractivity contribution in [2.75, 3.05) is 13.1 Å². The minimum atomic E-state index is 0.745. The molecule has 1 saturated heterocycles. The van der Waals surface area contributed by atoms with Crippen LogP contribution >= 0.6 is 0 Å². The Bertz CT molecular complexity index is 267. The molecule has 82 valence electrons. The van der Waals surface area contributed by atoms with E-state index in [1.807, 2.05) is 12.4 Å². The standard InChI is InChI=1S/C12H19N3/c1-2-12(15-6-1)5-9-14-10-11-3-7-13-8-4-11/h3-4,7-8,12,14-15H,1-2,5-6,9-10H2. The quantitative estimate of drug-likeness (QED) is 0.712. The van der Waals surface area contributed by atoms with Crippen LogP contribution in [0.4, 0.5) is 0 Å². The third-order valence-electron chi connectivity index (χ3n) is 2.91. The molecule has 2 N–H and O–H groups in total. The molecule has 1 fully saturated rings. The number of nitrogens with one attached hydrogen (secondary N) is 2. The topological polar surface area (TPSA) is 37.0 Å². The van der Waals surface area contributed by atoms with Gasteiger partial charge in [-0.3, -0.25) is 4.98 Å². The van der Waals surface area contributed by atoms with Crippen molar-refractivity contribution in [3.63, 3.8) is 0 Å². The molecule has 1 aliphatic rings. The summed E-state index contributed by atoms with van der Waals surface area (Å²) in [6.07, 6.45) is 7.61. The summed E-state index contributed by atoms with van der Waals surface area (Å²) in [5.41, 5.74) is 1.31. The van der Waals surface area contributed by atoms with Gasteiger partial charge in [-0.1, -0.05) is 0 Å². The molecular weight excluding hydrogens is 186 g/mol. The van der Waals surface area contributed by atoms with Crippen LogP contribution in [-0.2, 0) is 6.54 Å². The minimum Gasteiger partial charge on any atom is -0.314 e. The van der Waals surface area contributed by atoms with Crippen molar-refractivity contribution in [1.29, 1.82) is 0 Å². The fraction of sp³-hybridized carbons (Fsp3) is 0.583. The van der Waals surface area contributed by atoms with E-state index in [9.17, 15) is 0 Å². The zero-order chi connectivity index (χ0) is 10.3. The summed E-state index contributed by atoms with van der Waals surface area (Å²) in [6, 6.07) is 4.86. The number of pyridine rings is 1. The molecule has 0 bridgehead atoms. The average Bonchev–Trinajstić information content (AvgIpc) is 2.79. The van der Waals surface area contributed by atoms with E-state index in [-0.39, 0.29) is 0 Å². The van der Waals surface area contributed by atoms with Crippen molar-refractivity contribution in [3.8, 4) is 0 Å². The van der Waals surface area contributed by atoms with Gasteiger partial charge in [0.1, 0.15) is 0 Å². The van der Waals surface area contributed by atoms with Gasteiger partial charge in [-0.2, -0.15) is 0 Å². The van der Waals surface area contributed by atoms with Gasteiger partial charge in [0.2, 0.25) is 0 Å². The van der Waals surface area contributed by atoms with Crippen LogP contribution in [0.3, 0.4) is 0 Å². The first-order valence-corrected chi connectivity index (χ1v) is 5.78. The monoisotopic (exact) mass is 205 g/mol. The van der Waals surface area contributed by atoms with Gasteiger partial charge in [-0.25, -0.2) is 0 Å². The zero-order valence-electron chi connectivity index (χ0n) is 9.08. The first kappa shape index (κ1) is 10.6. The predicted molar refractivity (Wildman–Crippen MR) is 61.6 cm³/mol. The van der Waals surface area contributed by atoms with E-state index in [0.717, 1.165) is 19.1 Å². The Labute approximate surface area is 91.3 Å². The largest absolute Gasteiger partial charge is 0.314 e. The number of hydrogen-bond donors (Lipinski definition) is 2. The maximum absolute atomic E-state index is 4.00. The van der Waals surface area contributed by atoms with E-state index in [1.165, 1.54) is 31.4 Å². The summed E-state index contributed by atoms with van der Waals surface area (Å²) < 4.78 is 0. The van der Waals surface area contributed by atoms with Crippen molar-refractivity contribution in [3.05, 3.63) is 30.1 Å². The first-order valence-electron chi connectivity index (χ1n) is 5.78. The highest BCUT2D eigenvalue weighted by Gasteiger charge is 2.12. The Kier molecular flexibility index (Phi) is 4.11. The normalized spacial score (nSPS) is 20.7. The SMILES string of the molecule is c1cc(CNCCC2CCCN2)ccn1. The van der Waals surface area contributed by atoms with Gasteiger partial charge in [0.25, 0.3) is 0 Å². The molecular formula is C12H19N3. The molecule has 3 heteroatoms. The summed E-state index contributed by atoms with van der Waals surface area (Å²) in [5, 5.41) is 6.97. The molecule has 2 heterocycles. The Morgan fingerprint density at radius 1 is 1.40 bits per heavy atom. The van der Waals surface area contributed by atoms with Crippen molar-refractivity contribution < 1.29 is 0 Å². The number of aromatic nitrogens is 1. The van der Waals surface area contributed by atoms with Gasteiger partial charge in [0.05, 0.1) is 0 Å². The second-order valence-electron chi connectivity index (χ2n) is 4.11. The zero-order valence-corrected chi connectivity index (χ0v) is 9.08. The molecule has 1 unspecified atom stereocenters. The van der Waals surface area contributed by atoms with E-state index in [0.29, 0.717) is 0 Å². The van der Waals surface area contributed by atoms with E-state index in [4.69, 9.17) is 0 Å². The van der Waals surface area contributed by atoms with E-state index >= 15 is 0 Å². The third-order valence-corrected chi connectivity index (χ3v) is 2.91. The molecule has 0 amide bonds. The van der Waals surface area contributed by atoms with E-state index < -0.39 is 0 Å². The average molecular weight is 205 g/mol. The van der Waals surface area contributed by atoms with Crippen LogP contribution in [0.25, 0.3) is 0 Å². The summed E-state index contributed by atoms with van der Waals surface area (Å²) >= 11 is 0. The van der Waals surface area contributed by atoms with Crippen LogP contribution in [0.2, 0.25) is 0 Å². The summed E-state index contributed by atoms with van der Waals surface area (Å²) in [7, 11) is 0. The molecule has 3 nitrogen and oxygen atoms in total. The molecule has 0 radical (unpaired) electrons. The van der Waals surface area contributed by atoms with Gasteiger partial charge < -0.3 is 10.6 Å². The molecule has 1 aromatic rings. The number of nitrogens with zero attached hydrogens (tertiary/aromatic N) is 1. The third kappa shape index (κ3) is 3.61. The van der Waals surface area contributed by atoms with Crippen LogP contribution < -0.4 is 10.6 Å². The predicted octanol–water partition coefficient (Wildman–Crippen LogP) is 1.31. The maximum Gasteiger partial charge on any atom is 0.0271 e. The summed E-state index contributed by atoms with van der Waals surface area (Å²) in [6.45, 7) is 3.25. The lowest BCUT2D eigenvalue weighted by Gasteiger charge is -2.10. The Morgan fingerprint density at radius 3 is 3.00 bits per heavy atom. The Morgan fingerprint density at radius 2 is 2.27 bits per heavy atom. The lowest BCUT2D eigenvalue weighted by Crippen LogP contribution is -2.26. The van der Waals surface area contributed by atoms with Crippen LogP contribution in [0, 0.1) is 0 Å². The van der Waals surface area contributed by atoms with Gasteiger partial charge >= 0.3 is 0 Å². The van der Waals surface area contributed by atoms with Gasteiger partial charge in [0, 0.05) is 25.0 Å². The van der Waals surface area contributed by atoms with Crippen LogP contribution in [0.5, 0.6) is 0 Å². The Hall–Kier alpha value is -0.930. The van der Waals surface area contributed by atoms with Crippen LogP contribution in [0.15, 0.2) is 24.5 Å².